The van der Waals surface area contributed by atoms with Gasteiger partial charge < -0.3 is 0 Å². The van der Waals surface area contributed by atoms with Crippen molar-refractivity contribution in [2.24, 2.45) is 5.92 Å². The highest BCUT2D eigenvalue weighted by molar-refractivity contribution is 7.87. The Morgan fingerprint density at radius 3 is 2.46 bits per heavy atom. The molecule has 1 fully saturated rings. The molecule has 0 bridgehead atoms. The second-order valence-electron chi connectivity index (χ2n) is 3.88. The summed E-state index contributed by atoms with van der Waals surface area (Å²) in [7, 11) is -4.28. The zero-order valence-corrected chi connectivity index (χ0v) is 8.82. The van der Waals surface area contributed by atoms with Gasteiger partial charge >= 0.3 is 10.2 Å². The van der Waals surface area contributed by atoms with E-state index in [4.69, 9.17) is 0 Å². The van der Waals surface area contributed by atoms with Crippen molar-refractivity contribution in [2.75, 3.05) is 0 Å². The van der Waals surface area contributed by atoms with Crippen molar-refractivity contribution in [3.8, 4) is 0 Å². The topological polar surface area (TPSA) is 34.1 Å². The molecule has 2 unspecified atom stereocenters. The molecule has 0 amide bonds. The molecule has 13 heavy (non-hydrogen) atoms. The molecule has 0 N–H and O–H groups in total. The van der Waals surface area contributed by atoms with Crippen LogP contribution in [0.15, 0.2) is 0 Å². The summed E-state index contributed by atoms with van der Waals surface area (Å²) in [5.74, 6) is 0.603. The third kappa shape index (κ3) is 3.25. The van der Waals surface area contributed by atoms with Gasteiger partial charge in [0.2, 0.25) is 0 Å². The molecule has 0 saturated heterocycles. The molecule has 0 aliphatic heterocycles. The van der Waals surface area contributed by atoms with Gasteiger partial charge in [0.1, 0.15) is 0 Å². The van der Waals surface area contributed by atoms with Gasteiger partial charge in [-0.3, -0.25) is 0 Å². The Morgan fingerprint density at radius 2 is 1.92 bits per heavy atom. The molecule has 1 aliphatic carbocycles. The highest BCUT2D eigenvalue weighted by atomic mass is 32.3. The van der Waals surface area contributed by atoms with Gasteiger partial charge in [-0.15, -0.1) is 3.89 Å². The summed E-state index contributed by atoms with van der Waals surface area (Å²) in [4.78, 5) is 0. The number of halogens is 1. The monoisotopic (exact) mass is 208 g/mol. The van der Waals surface area contributed by atoms with Crippen LogP contribution < -0.4 is 0 Å². The zero-order chi connectivity index (χ0) is 9.90. The number of hydrogen-bond donors (Lipinski definition) is 0. The lowest BCUT2D eigenvalue weighted by molar-refractivity contribution is 0.445. The first kappa shape index (κ1) is 11.0. The third-order valence-electron chi connectivity index (χ3n) is 3.01. The minimum Gasteiger partial charge on any atom is -0.195 e. The van der Waals surface area contributed by atoms with Gasteiger partial charge in [0.25, 0.3) is 0 Å². The Morgan fingerprint density at radius 1 is 1.23 bits per heavy atom. The molecule has 78 valence electrons. The molecule has 4 heteroatoms. The number of rotatable bonds is 2. The first-order chi connectivity index (χ1) is 6.04. The quantitative estimate of drug-likeness (QED) is 0.516. The molecule has 2 atom stereocenters. The predicted molar refractivity (Wildman–Crippen MR) is 50.7 cm³/mol. The van der Waals surface area contributed by atoms with Gasteiger partial charge in [-0.2, -0.15) is 8.42 Å². The lowest BCUT2D eigenvalue weighted by atomic mass is 9.98. The van der Waals surface area contributed by atoms with E-state index in [0.29, 0.717) is 18.8 Å². The maximum Gasteiger partial charge on any atom is 0.305 e. The summed E-state index contributed by atoms with van der Waals surface area (Å²) < 4.78 is 34.0. The van der Waals surface area contributed by atoms with E-state index < -0.39 is 15.5 Å². The minimum atomic E-state index is -4.28. The van der Waals surface area contributed by atoms with E-state index in [1.807, 2.05) is 0 Å². The largest absolute Gasteiger partial charge is 0.305 e. The number of hydrogen-bond acceptors (Lipinski definition) is 2. The summed E-state index contributed by atoms with van der Waals surface area (Å²) in [6.45, 7) is 2.11. The average Bonchev–Trinajstić information content (AvgIpc) is 2.26. The van der Waals surface area contributed by atoms with Crippen molar-refractivity contribution < 1.29 is 12.3 Å². The molecule has 1 saturated carbocycles. The molecule has 0 aromatic heterocycles. The maximum atomic E-state index is 12.7. The van der Waals surface area contributed by atoms with E-state index in [1.165, 1.54) is 0 Å². The minimum absolute atomic E-state index is 0.509. The highest BCUT2D eigenvalue weighted by Gasteiger charge is 2.27. The lowest BCUT2D eigenvalue weighted by Gasteiger charge is -2.10. The molecule has 1 rings (SSSR count). The summed E-state index contributed by atoms with van der Waals surface area (Å²) in [6, 6.07) is 0. The average molecular weight is 208 g/mol. The van der Waals surface area contributed by atoms with Crippen LogP contribution in [0.3, 0.4) is 0 Å². The van der Waals surface area contributed by atoms with Crippen molar-refractivity contribution >= 4 is 10.2 Å². The fourth-order valence-electron chi connectivity index (χ4n) is 2.03. The van der Waals surface area contributed by atoms with E-state index in [0.717, 1.165) is 25.7 Å². The first-order valence-electron chi connectivity index (χ1n) is 4.97. The van der Waals surface area contributed by atoms with Crippen LogP contribution in [0.25, 0.3) is 0 Å². The normalized spacial score (nSPS) is 31.2. The van der Waals surface area contributed by atoms with Crippen LogP contribution in [0.1, 0.15) is 45.4 Å². The smallest absolute Gasteiger partial charge is 0.195 e. The molecule has 1 aliphatic rings. The van der Waals surface area contributed by atoms with Crippen LogP contribution in [-0.2, 0) is 10.2 Å². The van der Waals surface area contributed by atoms with Crippen LogP contribution in [0.2, 0.25) is 0 Å². The fourth-order valence-corrected chi connectivity index (χ4v) is 2.90. The van der Waals surface area contributed by atoms with E-state index in [-0.39, 0.29) is 0 Å². The van der Waals surface area contributed by atoms with Gasteiger partial charge in [0, 0.05) is 0 Å². The maximum absolute atomic E-state index is 12.7. The summed E-state index contributed by atoms with van der Waals surface area (Å²) in [5.41, 5.74) is 0. The Balaban J connectivity index is 2.55. The van der Waals surface area contributed by atoms with Crippen molar-refractivity contribution in [2.45, 2.75) is 50.7 Å². The third-order valence-corrected chi connectivity index (χ3v) is 4.28. The Kier molecular flexibility index (Phi) is 3.71. The Bertz CT molecular complexity index is 248. The van der Waals surface area contributed by atoms with Crippen molar-refractivity contribution in [1.82, 2.24) is 0 Å². The van der Waals surface area contributed by atoms with Crippen LogP contribution in [0.4, 0.5) is 3.89 Å². The molecule has 0 spiro atoms. The standard InChI is InChI=1S/C9H17FO2S/c1-2-8-4-3-5-9(7-6-8)13(10,11)12/h8-9H,2-7H2,1H3. The van der Waals surface area contributed by atoms with Crippen LogP contribution in [-0.4, -0.2) is 13.7 Å². The molecular weight excluding hydrogens is 191 g/mol. The van der Waals surface area contributed by atoms with Crippen LogP contribution >= 0.6 is 0 Å². The van der Waals surface area contributed by atoms with Gasteiger partial charge in [0.15, 0.2) is 0 Å². The van der Waals surface area contributed by atoms with Gasteiger partial charge in [-0.1, -0.05) is 26.2 Å². The van der Waals surface area contributed by atoms with Crippen LogP contribution in [0.5, 0.6) is 0 Å². The van der Waals surface area contributed by atoms with E-state index in [1.54, 1.807) is 0 Å². The predicted octanol–water partition coefficient (Wildman–Crippen LogP) is 2.64. The van der Waals surface area contributed by atoms with Crippen molar-refractivity contribution in [3.63, 3.8) is 0 Å². The zero-order valence-electron chi connectivity index (χ0n) is 8.00. The second kappa shape index (κ2) is 4.40. The summed E-state index contributed by atoms with van der Waals surface area (Å²) in [6.07, 6.45) is 4.88. The molecule has 0 aromatic rings. The lowest BCUT2D eigenvalue weighted by Crippen LogP contribution is -2.15. The highest BCUT2D eigenvalue weighted by Crippen LogP contribution is 2.29. The first-order valence-corrected chi connectivity index (χ1v) is 6.42. The van der Waals surface area contributed by atoms with Gasteiger partial charge in [-0.05, 0) is 25.2 Å². The van der Waals surface area contributed by atoms with E-state index in [9.17, 15) is 12.3 Å². The molecule has 0 aromatic carbocycles. The molecule has 0 radical (unpaired) electrons. The van der Waals surface area contributed by atoms with Crippen molar-refractivity contribution in [1.29, 1.82) is 0 Å². The summed E-state index contributed by atoms with van der Waals surface area (Å²) in [5, 5.41) is -0.718. The van der Waals surface area contributed by atoms with Crippen molar-refractivity contribution in [3.05, 3.63) is 0 Å². The van der Waals surface area contributed by atoms with E-state index in [2.05, 4.69) is 6.92 Å². The SMILES string of the molecule is CCC1CCCC(S(=O)(=O)F)CC1. The molecule has 0 heterocycles. The molecule has 2 nitrogen and oxygen atoms in total. The van der Waals surface area contributed by atoms with Gasteiger partial charge in [0.05, 0.1) is 5.25 Å². The molecular formula is C9H17FO2S. The summed E-state index contributed by atoms with van der Waals surface area (Å²) >= 11 is 0. The second-order valence-corrected chi connectivity index (χ2v) is 5.50. The Labute approximate surface area is 79.7 Å². The van der Waals surface area contributed by atoms with E-state index >= 15 is 0 Å². The van der Waals surface area contributed by atoms with Gasteiger partial charge in [-0.25, -0.2) is 0 Å². The Hall–Kier alpha value is -0.120. The fraction of sp³-hybridized carbons (Fsp3) is 1.00. The van der Waals surface area contributed by atoms with Crippen LogP contribution in [0, 0.1) is 5.92 Å².